The molecule has 2 fully saturated rings. The number of carbonyl (C=O) groups excluding carboxylic acids is 1. The Bertz CT molecular complexity index is 393. The van der Waals surface area contributed by atoms with Gasteiger partial charge in [-0.05, 0) is 58.8 Å². The average molecular weight is 327 g/mol. The summed E-state index contributed by atoms with van der Waals surface area (Å²) in [5.41, 5.74) is -0.468. The van der Waals surface area contributed by atoms with Gasteiger partial charge in [-0.3, -0.25) is 0 Å². The second kappa shape index (κ2) is 7.84. The molecule has 2 aliphatic heterocycles. The van der Waals surface area contributed by atoms with E-state index in [2.05, 4.69) is 6.92 Å². The van der Waals surface area contributed by atoms with Crippen molar-refractivity contribution in [1.29, 1.82) is 0 Å². The van der Waals surface area contributed by atoms with Crippen molar-refractivity contribution in [3.8, 4) is 0 Å². The lowest BCUT2D eigenvalue weighted by Gasteiger charge is -2.29. The van der Waals surface area contributed by atoms with E-state index in [9.17, 15) is 4.79 Å². The predicted molar refractivity (Wildman–Crippen MR) is 89.3 cm³/mol. The lowest BCUT2D eigenvalue weighted by molar-refractivity contribution is -0.00312. The maximum atomic E-state index is 12.5. The number of likely N-dealkylation sites (tertiary alicyclic amines) is 1. The second-order valence-corrected chi connectivity index (χ2v) is 7.96. The van der Waals surface area contributed by atoms with Crippen molar-refractivity contribution >= 4 is 6.09 Å². The van der Waals surface area contributed by atoms with Gasteiger partial charge >= 0.3 is 6.09 Å². The van der Waals surface area contributed by atoms with E-state index in [0.29, 0.717) is 11.8 Å². The maximum Gasteiger partial charge on any atom is 0.410 e. The first-order valence-corrected chi connectivity index (χ1v) is 9.07. The van der Waals surface area contributed by atoms with E-state index >= 15 is 0 Å². The Labute approximate surface area is 140 Å². The zero-order valence-corrected chi connectivity index (χ0v) is 15.1. The molecule has 5 nitrogen and oxygen atoms in total. The summed E-state index contributed by atoms with van der Waals surface area (Å²) in [4.78, 5) is 14.4. The van der Waals surface area contributed by atoms with Crippen molar-refractivity contribution in [2.24, 2.45) is 11.8 Å². The molecule has 0 aromatic heterocycles. The Morgan fingerprint density at radius 3 is 2.74 bits per heavy atom. The summed E-state index contributed by atoms with van der Waals surface area (Å²) >= 11 is 0. The Morgan fingerprint density at radius 2 is 2.13 bits per heavy atom. The largest absolute Gasteiger partial charge is 0.444 e. The molecule has 0 saturated carbocycles. The third-order valence-electron chi connectivity index (χ3n) is 4.96. The van der Waals surface area contributed by atoms with Crippen LogP contribution in [0.2, 0.25) is 0 Å². The summed E-state index contributed by atoms with van der Waals surface area (Å²) < 4.78 is 11.7. The van der Waals surface area contributed by atoms with Crippen LogP contribution >= 0.6 is 0 Å². The van der Waals surface area contributed by atoms with Crippen molar-refractivity contribution in [2.75, 3.05) is 19.8 Å². The number of amides is 1. The molecule has 2 heterocycles. The van der Waals surface area contributed by atoms with Crippen LogP contribution in [-0.4, -0.2) is 53.6 Å². The molecule has 0 radical (unpaired) electrons. The summed E-state index contributed by atoms with van der Waals surface area (Å²) in [7, 11) is 0. The van der Waals surface area contributed by atoms with Crippen LogP contribution in [0.1, 0.15) is 59.8 Å². The molecule has 4 atom stereocenters. The van der Waals surface area contributed by atoms with E-state index < -0.39 is 5.60 Å². The summed E-state index contributed by atoms with van der Waals surface area (Å²) in [6.45, 7) is 9.57. The fraction of sp³-hybridized carbons (Fsp3) is 0.944. The normalized spacial score (nSPS) is 31.6. The van der Waals surface area contributed by atoms with Gasteiger partial charge in [0.2, 0.25) is 0 Å². The van der Waals surface area contributed by atoms with E-state index in [1.807, 2.05) is 25.7 Å². The number of nitrogens with zero attached hydrogens (tertiary/aromatic N) is 1. The zero-order chi connectivity index (χ0) is 17.0. The third kappa shape index (κ3) is 4.83. The number of aliphatic hydroxyl groups is 1. The number of aliphatic hydroxyl groups excluding tert-OH is 1. The van der Waals surface area contributed by atoms with Crippen LogP contribution in [-0.2, 0) is 9.47 Å². The smallest absolute Gasteiger partial charge is 0.410 e. The van der Waals surface area contributed by atoms with Crippen LogP contribution in [0, 0.1) is 11.8 Å². The molecule has 0 bridgehead atoms. The fourth-order valence-corrected chi connectivity index (χ4v) is 3.98. The summed E-state index contributed by atoms with van der Waals surface area (Å²) in [6.07, 6.45) is 4.86. The van der Waals surface area contributed by atoms with Gasteiger partial charge in [-0.25, -0.2) is 4.79 Å². The minimum absolute atomic E-state index is 0.117. The first kappa shape index (κ1) is 18.5. The first-order valence-electron chi connectivity index (χ1n) is 9.07. The quantitative estimate of drug-likeness (QED) is 0.861. The summed E-state index contributed by atoms with van der Waals surface area (Å²) in [5, 5.41) is 9.06. The van der Waals surface area contributed by atoms with Gasteiger partial charge in [0.1, 0.15) is 5.60 Å². The predicted octanol–water partition coefficient (Wildman–Crippen LogP) is 3.20. The number of hydrogen-bond donors (Lipinski definition) is 1. The van der Waals surface area contributed by atoms with E-state index in [0.717, 1.165) is 45.3 Å². The fourth-order valence-electron chi connectivity index (χ4n) is 3.98. The molecule has 1 N–H and O–H groups in total. The third-order valence-corrected chi connectivity index (χ3v) is 4.96. The van der Waals surface area contributed by atoms with Gasteiger partial charge in [-0.15, -0.1) is 0 Å². The van der Waals surface area contributed by atoms with Gasteiger partial charge in [0.05, 0.1) is 12.1 Å². The highest BCUT2D eigenvalue weighted by Crippen LogP contribution is 2.38. The van der Waals surface area contributed by atoms with E-state index in [4.69, 9.17) is 14.6 Å². The van der Waals surface area contributed by atoms with Crippen LogP contribution in [0.15, 0.2) is 0 Å². The van der Waals surface area contributed by atoms with Gasteiger partial charge in [-0.2, -0.15) is 0 Å². The molecule has 2 saturated heterocycles. The minimum atomic E-state index is -0.468. The molecule has 0 spiro atoms. The molecule has 2 aliphatic rings. The maximum absolute atomic E-state index is 12.5. The number of rotatable bonds is 4. The van der Waals surface area contributed by atoms with Gasteiger partial charge in [-0.1, -0.05) is 6.92 Å². The Kier molecular flexibility index (Phi) is 6.32. The van der Waals surface area contributed by atoms with E-state index in [1.54, 1.807) is 0 Å². The molecule has 0 aliphatic carbocycles. The SMILES string of the molecule is CC[C@@H]1[C@@H]2OCC[C@@H](CCCO)C[C@H]2CN1C(=O)OC(C)(C)C. The number of hydrogen-bond acceptors (Lipinski definition) is 4. The zero-order valence-electron chi connectivity index (χ0n) is 15.1. The molecule has 1 amide bonds. The van der Waals surface area contributed by atoms with E-state index in [1.165, 1.54) is 0 Å². The standard InChI is InChI=1S/C18H33NO4/c1-5-15-16-14(11-13(7-6-9-20)8-10-22-16)12-19(15)17(21)23-18(2,3)4/h13-16,20H,5-12H2,1-4H3/t13-,14+,15-,16-/m1/s1. The van der Waals surface area contributed by atoms with Gasteiger partial charge in [0.15, 0.2) is 0 Å². The van der Waals surface area contributed by atoms with Crippen molar-refractivity contribution in [2.45, 2.75) is 77.5 Å². The lowest BCUT2D eigenvalue weighted by Crippen LogP contribution is -2.42. The highest BCUT2D eigenvalue weighted by Gasteiger charge is 2.46. The lowest BCUT2D eigenvalue weighted by atomic mass is 9.87. The van der Waals surface area contributed by atoms with Gasteiger partial charge in [0, 0.05) is 25.7 Å². The van der Waals surface area contributed by atoms with Crippen LogP contribution in [0.3, 0.4) is 0 Å². The van der Waals surface area contributed by atoms with Crippen molar-refractivity contribution in [1.82, 2.24) is 4.90 Å². The Morgan fingerprint density at radius 1 is 1.39 bits per heavy atom. The van der Waals surface area contributed by atoms with Crippen LogP contribution in [0.5, 0.6) is 0 Å². The number of carbonyl (C=O) groups is 1. The molecule has 0 aromatic carbocycles. The van der Waals surface area contributed by atoms with Crippen LogP contribution < -0.4 is 0 Å². The highest BCUT2D eigenvalue weighted by molar-refractivity contribution is 5.69. The molecular weight excluding hydrogens is 294 g/mol. The molecule has 0 aromatic rings. The summed E-state index contributed by atoms with van der Waals surface area (Å²) in [6, 6.07) is 0.117. The number of ether oxygens (including phenoxy) is 2. The monoisotopic (exact) mass is 327 g/mol. The highest BCUT2D eigenvalue weighted by atomic mass is 16.6. The van der Waals surface area contributed by atoms with Gasteiger partial charge < -0.3 is 19.5 Å². The van der Waals surface area contributed by atoms with Crippen LogP contribution in [0.4, 0.5) is 4.79 Å². The molecule has 0 unspecified atom stereocenters. The first-order chi connectivity index (χ1) is 10.9. The molecule has 5 heteroatoms. The van der Waals surface area contributed by atoms with Crippen molar-refractivity contribution in [3.63, 3.8) is 0 Å². The van der Waals surface area contributed by atoms with Crippen molar-refractivity contribution in [3.05, 3.63) is 0 Å². The molecular formula is C18H33NO4. The van der Waals surface area contributed by atoms with Crippen molar-refractivity contribution < 1.29 is 19.4 Å². The topological polar surface area (TPSA) is 59.0 Å². The molecule has 2 rings (SSSR count). The van der Waals surface area contributed by atoms with Crippen LogP contribution in [0.25, 0.3) is 0 Å². The number of fused-ring (bicyclic) bond motifs is 1. The Balaban J connectivity index is 2.04. The average Bonchev–Trinajstić information content (AvgIpc) is 2.68. The molecule has 134 valence electrons. The summed E-state index contributed by atoms with van der Waals surface area (Å²) in [5.74, 6) is 0.979. The Hall–Kier alpha value is -0.810. The second-order valence-electron chi connectivity index (χ2n) is 7.96. The van der Waals surface area contributed by atoms with Gasteiger partial charge in [0.25, 0.3) is 0 Å². The minimum Gasteiger partial charge on any atom is -0.444 e. The molecule has 23 heavy (non-hydrogen) atoms. The van der Waals surface area contributed by atoms with E-state index in [-0.39, 0.29) is 24.8 Å².